The normalized spacial score (nSPS) is 10.3. The van der Waals surface area contributed by atoms with Crippen LogP contribution in [0.1, 0.15) is 96.6 Å². The van der Waals surface area contributed by atoms with Gasteiger partial charge in [0.2, 0.25) is 5.91 Å². The van der Waals surface area contributed by atoms with Crippen LogP contribution in [0, 0.1) is 19.3 Å². The molecule has 0 saturated heterocycles. The van der Waals surface area contributed by atoms with Crippen LogP contribution in [0.15, 0.2) is 55.1 Å². The summed E-state index contributed by atoms with van der Waals surface area (Å²) in [6.07, 6.45) is 16.4. The molecule has 0 radical (unpaired) electrons. The van der Waals surface area contributed by atoms with Crippen LogP contribution in [-0.4, -0.2) is 51.1 Å². The first-order valence-corrected chi connectivity index (χ1v) is 16.5. The summed E-state index contributed by atoms with van der Waals surface area (Å²) >= 11 is 11.8. The largest absolute Gasteiger partial charge is 0.358 e. The van der Waals surface area contributed by atoms with E-state index in [1.54, 1.807) is 13.1 Å². The Hall–Kier alpha value is -2.45. The van der Waals surface area contributed by atoms with E-state index in [4.69, 9.17) is 29.6 Å². The predicted octanol–water partition coefficient (Wildman–Crippen LogP) is 10.2. The molecular weight excluding hydrogens is 573 g/mol. The predicted molar refractivity (Wildman–Crippen MR) is 194 cm³/mol. The van der Waals surface area contributed by atoms with E-state index >= 15 is 0 Å². The molecule has 1 N–H and O–H groups in total. The van der Waals surface area contributed by atoms with Crippen LogP contribution in [0.2, 0.25) is 10.0 Å². The average Bonchev–Trinajstić information content (AvgIpc) is 3.00. The van der Waals surface area contributed by atoms with E-state index < -0.39 is 0 Å². The van der Waals surface area contributed by atoms with Crippen LogP contribution < -0.4 is 10.2 Å². The van der Waals surface area contributed by atoms with Gasteiger partial charge in [0.25, 0.3) is 0 Å². The molecule has 2 aromatic carbocycles. The highest BCUT2D eigenvalue weighted by atomic mass is 35.5. The van der Waals surface area contributed by atoms with E-state index in [9.17, 15) is 4.79 Å². The summed E-state index contributed by atoms with van der Waals surface area (Å²) in [5.41, 5.74) is 3.36. The molecule has 1 unspecified atom stereocenters. The fourth-order valence-corrected chi connectivity index (χ4v) is 4.08. The van der Waals surface area contributed by atoms with Crippen molar-refractivity contribution >= 4 is 34.8 Å². The molecule has 0 bridgehead atoms. The minimum atomic E-state index is -0.0378. The quantitative estimate of drug-likeness (QED) is 0.128. The number of benzene rings is 2. The van der Waals surface area contributed by atoms with Gasteiger partial charge in [-0.25, -0.2) is 0 Å². The molecule has 2 aromatic rings. The van der Waals surface area contributed by atoms with E-state index in [2.05, 4.69) is 64.6 Å². The van der Waals surface area contributed by atoms with Crippen LogP contribution in [0.4, 0.5) is 5.69 Å². The molecule has 4 nitrogen and oxygen atoms in total. The van der Waals surface area contributed by atoms with Gasteiger partial charge in [0.15, 0.2) is 0 Å². The fraction of sp³-hybridized carbons (Fsp3) is 0.541. The maximum Gasteiger partial charge on any atom is 0.242 e. The first-order chi connectivity index (χ1) is 20.6. The molecular formula is C37H59Cl2N3O. The van der Waals surface area contributed by atoms with Crippen LogP contribution in [0.25, 0.3) is 0 Å². The number of likely N-dealkylation sites (N-methyl/N-ethyl adjacent to an activating group) is 1. The number of carbonyl (C=O) groups excluding carboxylic acids is 1. The lowest BCUT2D eigenvalue weighted by Crippen LogP contribution is -2.39. The molecule has 0 aliphatic rings. The van der Waals surface area contributed by atoms with Gasteiger partial charge in [-0.3, -0.25) is 4.79 Å². The van der Waals surface area contributed by atoms with Gasteiger partial charge in [-0.15, -0.1) is 13.0 Å². The molecule has 1 amide bonds. The number of nitrogens with one attached hydrogen (secondary N) is 1. The topological polar surface area (TPSA) is 35.6 Å². The first-order valence-electron chi connectivity index (χ1n) is 15.8. The molecule has 43 heavy (non-hydrogen) atoms. The lowest BCUT2D eigenvalue weighted by molar-refractivity contribution is -0.127. The van der Waals surface area contributed by atoms with Crippen LogP contribution >= 0.6 is 23.2 Å². The molecule has 0 aliphatic carbocycles. The Morgan fingerprint density at radius 2 is 1.58 bits per heavy atom. The Balaban J connectivity index is 0. The van der Waals surface area contributed by atoms with Gasteiger partial charge in [-0.2, -0.15) is 0 Å². The number of rotatable bonds is 14. The lowest BCUT2D eigenvalue weighted by Gasteiger charge is -2.26. The Bertz CT molecular complexity index is 1010. The summed E-state index contributed by atoms with van der Waals surface area (Å²) in [7, 11) is 3.66. The summed E-state index contributed by atoms with van der Waals surface area (Å²) < 4.78 is 0. The highest BCUT2D eigenvalue weighted by Gasteiger charge is 2.15. The number of halogens is 2. The van der Waals surface area contributed by atoms with Crippen molar-refractivity contribution in [3.63, 3.8) is 0 Å². The number of amides is 1. The number of unbranched alkanes of at least 4 members (excludes halogenated alkanes) is 4. The average molecular weight is 633 g/mol. The van der Waals surface area contributed by atoms with Crippen molar-refractivity contribution in [3.8, 4) is 12.3 Å². The number of nitrogens with zero attached hydrogens (tertiary/aromatic N) is 2. The second-order valence-corrected chi connectivity index (χ2v) is 11.5. The Morgan fingerprint density at radius 3 is 2.02 bits per heavy atom. The number of hydrogen-bond donors (Lipinski definition) is 1. The monoisotopic (exact) mass is 631 g/mol. The molecule has 6 heteroatoms. The summed E-state index contributed by atoms with van der Waals surface area (Å²) in [6, 6.07) is 13.7. The summed E-state index contributed by atoms with van der Waals surface area (Å²) in [4.78, 5) is 15.6. The van der Waals surface area contributed by atoms with Gasteiger partial charge in [0, 0.05) is 29.3 Å². The zero-order valence-electron chi connectivity index (χ0n) is 28.3. The van der Waals surface area contributed by atoms with Gasteiger partial charge in [0.05, 0.1) is 13.1 Å². The van der Waals surface area contributed by atoms with E-state index in [-0.39, 0.29) is 12.5 Å². The third-order valence-corrected chi connectivity index (χ3v) is 7.19. The molecule has 0 aromatic heterocycles. The molecule has 1 atom stereocenters. The van der Waals surface area contributed by atoms with Gasteiger partial charge in [-0.05, 0) is 74.7 Å². The number of aryl methyl sites for hydroxylation is 1. The molecule has 0 aliphatic heterocycles. The van der Waals surface area contributed by atoms with Gasteiger partial charge in [0.1, 0.15) is 0 Å². The van der Waals surface area contributed by atoms with Crippen molar-refractivity contribution in [2.45, 2.75) is 92.4 Å². The first kappa shape index (κ1) is 42.7. The summed E-state index contributed by atoms with van der Waals surface area (Å²) in [5.74, 6) is 3.07. The van der Waals surface area contributed by atoms with Gasteiger partial charge >= 0.3 is 0 Å². The molecule has 242 valence electrons. The van der Waals surface area contributed by atoms with E-state index in [1.807, 2.05) is 49.2 Å². The smallest absolute Gasteiger partial charge is 0.242 e. The van der Waals surface area contributed by atoms with Gasteiger partial charge < -0.3 is 15.1 Å². The highest BCUT2D eigenvalue weighted by Crippen LogP contribution is 2.24. The van der Waals surface area contributed by atoms with Crippen LogP contribution in [-0.2, 0) is 4.79 Å². The third kappa shape index (κ3) is 21.8. The maximum atomic E-state index is 12.1. The van der Waals surface area contributed by atoms with E-state index in [0.29, 0.717) is 24.0 Å². The molecule has 0 heterocycles. The summed E-state index contributed by atoms with van der Waals surface area (Å²) in [6.45, 7) is 19.0. The minimum absolute atomic E-state index is 0.0378. The lowest BCUT2D eigenvalue weighted by atomic mass is 9.99. The van der Waals surface area contributed by atoms with E-state index in [0.717, 1.165) is 22.8 Å². The third-order valence-electron chi connectivity index (χ3n) is 6.70. The number of carbonyl (C=O) groups is 1. The number of hydrogen-bond acceptors (Lipinski definition) is 3. The maximum absolute atomic E-state index is 12.1. The Kier molecular flexibility index (Phi) is 28.1. The van der Waals surface area contributed by atoms with E-state index in [1.165, 1.54) is 55.4 Å². The van der Waals surface area contributed by atoms with Crippen molar-refractivity contribution in [3.05, 3.63) is 76.3 Å². The zero-order valence-corrected chi connectivity index (χ0v) is 29.8. The molecule has 0 saturated carbocycles. The summed E-state index contributed by atoms with van der Waals surface area (Å²) in [5, 5.41) is 4.48. The van der Waals surface area contributed by atoms with Crippen LogP contribution in [0.3, 0.4) is 0 Å². The van der Waals surface area contributed by atoms with Gasteiger partial charge in [-0.1, -0.05) is 120 Å². The molecule has 0 spiro atoms. The second-order valence-electron chi connectivity index (χ2n) is 10.6. The Morgan fingerprint density at radius 1 is 1.00 bits per heavy atom. The van der Waals surface area contributed by atoms with Crippen molar-refractivity contribution in [1.82, 2.24) is 10.2 Å². The molecule has 0 fully saturated rings. The SMILES string of the molecule is C#CCN(C)C(=O)CN(CC=C)c1cc(Cl)ccc1C.CCC(C)c1ccc(Cl)cc1.CCCCCCC.CCCNC. The van der Waals surface area contributed by atoms with Crippen molar-refractivity contribution in [2.24, 2.45) is 0 Å². The molecule has 2 rings (SSSR count). The van der Waals surface area contributed by atoms with Crippen molar-refractivity contribution < 1.29 is 4.79 Å². The fourth-order valence-electron chi connectivity index (χ4n) is 3.79. The highest BCUT2D eigenvalue weighted by molar-refractivity contribution is 6.31. The van der Waals surface area contributed by atoms with Crippen molar-refractivity contribution in [2.75, 3.05) is 45.2 Å². The number of terminal acetylenes is 1. The second kappa shape index (κ2) is 28.3. The van der Waals surface area contributed by atoms with Crippen LogP contribution in [0.5, 0.6) is 0 Å². The zero-order chi connectivity index (χ0) is 33.0. The van der Waals surface area contributed by atoms with Crippen molar-refractivity contribution in [1.29, 1.82) is 0 Å². The standard InChI is InChI=1S/C16H19ClN2O.C10H13Cl.C7H16.C4H11N/c1-5-9-18(4)16(20)12-19(10-6-2)15-11-14(17)8-7-13(15)3;1-3-8(2)9-4-6-10(11)7-5-9;1-3-5-7-6-4-2;1-3-4-5-2/h1,6-8,11H,2,9-10,12H2,3-4H3;4-8H,3H2,1-2H3;3-7H2,1-2H3;5H,3-4H2,1-2H3. The Labute approximate surface area is 275 Å². The minimum Gasteiger partial charge on any atom is -0.358 e. The number of anilines is 1.